The highest BCUT2D eigenvalue weighted by molar-refractivity contribution is 7.14. The molecule has 0 unspecified atom stereocenters. The Labute approximate surface area is 123 Å². The molecule has 4 heteroatoms. The zero-order valence-electron chi connectivity index (χ0n) is 11.6. The number of benzene rings is 1. The molecular weight excluding hydrogens is 268 g/mol. The second-order valence-electron chi connectivity index (χ2n) is 5.22. The van der Waals surface area contributed by atoms with E-state index >= 15 is 0 Å². The van der Waals surface area contributed by atoms with Crippen LogP contribution in [0.25, 0.3) is 0 Å². The van der Waals surface area contributed by atoms with Crippen molar-refractivity contribution in [1.82, 2.24) is 4.90 Å². The average Bonchev–Trinajstić information content (AvgIpc) is 2.67. The Bertz CT molecular complexity index is 628. The lowest BCUT2D eigenvalue weighted by atomic mass is 10.0. The normalized spacial score (nSPS) is 14.8. The van der Waals surface area contributed by atoms with Gasteiger partial charge in [-0.2, -0.15) is 0 Å². The van der Waals surface area contributed by atoms with Gasteiger partial charge < -0.3 is 10.6 Å². The predicted molar refractivity (Wildman–Crippen MR) is 83.0 cm³/mol. The Morgan fingerprint density at radius 1 is 1.30 bits per heavy atom. The summed E-state index contributed by atoms with van der Waals surface area (Å²) in [6, 6.07) is 10.2. The van der Waals surface area contributed by atoms with Crippen molar-refractivity contribution in [3.05, 3.63) is 51.2 Å². The number of nitrogen functional groups attached to an aromatic ring is 1. The first-order valence-electron chi connectivity index (χ1n) is 6.87. The third-order valence-corrected chi connectivity index (χ3v) is 4.86. The number of rotatable bonds is 1. The number of carbonyl (C=O) groups excluding carboxylic acids is 1. The van der Waals surface area contributed by atoms with Crippen molar-refractivity contribution < 1.29 is 4.79 Å². The molecule has 1 aliphatic heterocycles. The van der Waals surface area contributed by atoms with Crippen LogP contribution in [-0.2, 0) is 13.0 Å². The number of hydrogen-bond acceptors (Lipinski definition) is 3. The quantitative estimate of drug-likeness (QED) is 0.875. The Kier molecular flexibility index (Phi) is 3.49. The lowest BCUT2D eigenvalue weighted by molar-refractivity contribution is 0.0751. The van der Waals surface area contributed by atoms with E-state index in [1.54, 1.807) is 6.07 Å². The fraction of sp³-hybridized carbons (Fsp3) is 0.312. The van der Waals surface area contributed by atoms with E-state index in [2.05, 4.69) is 18.2 Å². The monoisotopic (exact) mass is 286 g/mol. The molecule has 0 aliphatic carbocycles. The number of hydrogen-bond donors (Lipinski definition) is 1. The van der Waals surface area contributed by atoms with Crippen LogP contribution in [-0.4, -0.2) is 17.4 Å². The molecule has 0 spiro atoms. The number of fused-ring (bicyclic) bond motifs is 1. The van der Waals surface area contributed by atoms with Gasteiger partial charge in [0.15, 0.2) is 0 Å². The fourth-order valence-corrected chi connectivity index (χ4v) is 3.54. The lowest BCUT2D eigenvalue weighted by Gasteiger charge is -2.20. The van der Waals surface area contributed by atoms with Gasteiger partial charge in [-0.3, -0.25) is 4.79 Å². The van der Waals surface area contributed by atoms with Gasteiger partial charge >= 0.3 is 0 Å². The molecular formula is C16H18N2OS. The van der Waals surface area contributed by atoms with Crippen molar-refractivity contribution in [3.63, 3.8) is 0 Å². The molecule has 2 aromatic rings. The molecule has 0 saturated heterocycles. The third-order valence-electron chi connectivity index (χ3n) is 3.81. The molecule has 0 saturated carbocycles. The average molecular weight is 286 g/mol. The summed E-state index contributed by atoms with van der Waals surface area (Å²) in [5.74, 6) is 0.103. The van der Waals surface area contributed by atoms with Crippen LogP contribution in [0.15, 0.2) is 30.3 Å². The Morgan fingerprint density at radius 2 is 2.05 bits per heavy atom. The van der Waals surface area contributed by atoms with E-state index in [1.165, 1.54) is 22.5 Å². The summed E-state index contributed by atoms with van der Waals surface area (Å²) in [7, 11) is 0. The summed E-state index contributed by atoms with van der Waals surface area (Å²) < 4.78 is 0. The number of anilines is 1. The maximum Gasteiger partial charge on any atom is 0.264 e. The molecule has 0 bridgehead atoms. The van der Waals surface area contributed by atoms with Gasteiger partial charge in [0.05, 0.1) is 4.88 Å². The summed E-state index contributed by atoms with van der Waals surface area (Å²) in [5.41, 5.74) is 9.20. The van der Waals surface area contributed by atoms with Crippen molar-refractivity contribution >= 4 is 22.9 Å². The molecule has 1 aromatic carbocycles. The zero-order valence-corrected chi connectivity index (χ0v) is 12.4. The number of amides is 1. The van der Waals surface area contributed by atoms with E-state index in [-0.39, 0.29) is 5.91 Å². The number of aryl methyl sites for hydroxylation is 2. The molecule has 0 radical (unpaired) electrons. The van der Waals surface area contributed by atoms with E-state index in [4.69, 9.17) is 5.73 Å². The van der Waals surface area contributed by atoms with Gasteiger partial charge in [-0.1, -0.05) is 24.3 Å². The molecule has 2 N–H and O–H groups in total. The first kappa shape index (κ1) is 13.2. The van der Waals surface area contributed by atoms with E-state index in [9.17, 15) is 4.79 Å². The number of nitrogens with two attached hydrogens (primary N) is 1. The molecule has 1 aromatic heterocycles. The highest BCUT2D eigenvalue weighted by Gasteiger charge is 2.21. The van der Waals surface area contributed by atoms with Crippen LogP contribution < -0.4 is 5.73 Å². The number of carbonyl (C=O) groups is 1. The molecule has 104 valence electrons. The minimum absolute atomic E-state index is 0.103. The molecule has 1 amide bonds. The van der Waals surface area contributed by atoms with E-state index in [0.717, 1.165) is 29.1 Å². The Balaban J connectivity index is 1.86. The molecule has 3 nitrogen and oxygen atoms in total. The first-order valence-corrected chi connectivity index (χ1v) is 7.69. The molecule has 3 rings (SSSR count). The van der Waals surface area contributed by atoms with Crippen molar-refractivity contribution in [1.29, 1.82) is 0 Å². The highest BCUT2D eigenvalue weighted by atomic mass is 32.1. The van der Waals surface area contributed by atoms with E-state index in [1.807, 2.05) is 17.9 Å². The van der Waals surface area contributed by atoms with Gasteiger partial charge in [0, 0.05) is 23.7 Å². The molecule has 20 heavy (non-hydrogen) atoms. The Morgan fingerprint density at radius 3 is 2.75 bits per heavy atom. The maximum atomic E-state index is 12.6. The van der Waals surface area contributed by atoms with Crippen LogP contribution in [0.2, 0.25) is 0 Å². The summed E-state index contributed by atoms with van der Waals surface area (Å²) in [4.78, 5) is 16.3. The maximum absolute atomic E-state index is 12.6. The predicted octanol–water partition coefficient (Wildman–Crippen LogP) is 3.23. The van der Waals surface area contributed by atoms with E-state index in [0.29, 0.717) is 12.2 Å². The topological polar surface area (TPSA) is 46.3 Å². The van der Waals surface area contributed by atoms with Crippen LogP contribution in [0.1, 0.15) is 32.1 Å². The molecule has 0 atom stereocenters. The third kappa shape index (κ3) is 2.43. The van der Waals surface area contributed by atoms with Crippen LogP contribution in [0, 0.1) is 6.92 Å². The molecule has 1 aliphatic rings. The van der Waals surface area contributed by atoms with Crippen molar-refractivity contribution in [2.45, 2.75) is 26.3 Å². The smallest absolute Gasteiger partial charge is 0.264 e. The second-order valence-corrected chi connectivity index (χ2v) is 6.48. The van der Waals surface area contributed by atoms with Crippen LogP contribution >= 0.6 is 11.3 Å². The lowest BCUT2D eigenvalue weighted by Crippen LogP contribution is -2.30. The standard InChI is InChI=1S/C16H18N2OS/c1-11-14(17)9-15(20-11)16(19)18-8-4-7-12-5-2-3-6-13(12)10-18/h2-3,5-6,9H,4,7-8,10,17H2,1H3. The summed E-state index contributed by atoms with van der Waals surface area (Å²) >= 11 is 1.49. The summed E-state index contributed by atoms with van der Waals surface area (Å²) in [6.45, 7) is 3.46. The first-order chi connectivity index (χ1) is 9.65. The minimum Gasteiger partial charge on any atom is -0.398 e. The van der Waals surface area contributed by atoms with Gasteiger partial charge in [0.25, 0.3) is 5.91 Å². The number of nitrogens with zero attached hydrogens (tertiary/aromatic N) is 1. The Hall–Kier alpha value is -1.81. The fourth-order valence-electron chi connectivity index (χ4n) is 2.63. The SMILES string of the molecule is Cc1sc(C(=O)N2CCCc3ccccc3C2)cc1N. The van der Waals surface area contributed by atoms with Gasteiger partial charge in [-0.05, 0) is 37.0 Å². The molecule has 2 heterocycles. The largest absolute Gasteiger partial charge is 0.398 e. The summed E-state index contributed by atoms with van der Waals surface area (Å²) in [5, 5.41) is 0. The number of thiophene rings is 1. The second kappa shape index (κ2) is 5.29. The highest BCUT2D eigenvalue weighted by Crippen LogP contribution is 2.26. The minimum atomic E-state index is 0.103. The van der Waals surface area contributed by atoms with Gasteiger partial charge in [0.1, 0.15) is 0 Å². The summed E-state index contributed by atoms with van der Waals surface area (Å²) in [6.07, 6.45) is 2.06. The van der Waals surface area contributed by atoms with Gasteiger partial charge in [-0.15, -0.1) is 11.3 Å². The van der Waals surface area contributed by atoms with Crippen molar-refractivity contribution in [2.24, 2.45) is 0 Å². The molecule has 0 fully saturated rings. The van der Waals surface area contributed by atoms with Gasteiger partial charge in [-0.25, -0.2) is 0 Å². The van der Waals surface area contributed by atoms with Crippen molar-refractivity contribution in [3.8, 4) is 0 Å². The van der Waals surface area contributed by atoms with E-state index < -0.39 is 0 Å². The van der Waals surface area contributed by atoms with Crippen LogP contribution in [0.5, 0.6) is 0 Å². The zero-order chi connectivity index (χ0) is 14.1. The van der Waals surface area contributed by atoms with Crippen LogP contribution in [0.4, 0.5) is 5.69 Å². The van der Waals surface area contributed by atoms with Crippen molar-refractivity contribution in [2.75, 3.05) is 12.3 Å². The van der Waals surface area contributed by atoms with Crippen LogP contribution in [0.3, 0.4) is 0 Å². The van der Waals surface area contributed by atoms with Gasteiger partial charge in [0.2, 0.25) is 0 Å².